The highest BCUT2D eigenvalue weighted by molar-refractivity contribution is 7.91. The fourth-order valence-corrected chi connectivity index (χ4v) is 5.10. The Morgan fingerprint density at radius 1 is 0.941 bits per heavy atom. The van der Waals surface area contributed by atoms with Crippen molar-refractivity contribution < 1.29 is 13.2 Å². The highest BCUT2D eigenvalue weighted by Crippen LogP contribution is 2.35. The van der Waals surface area contributed by atoms with Gasteiger partial charge in [-0.25, -0.2) is 13.4 Å². The fraction of sp³-hybridized carbons (Fsp3) is 0.154. The van der Waals surface area contributed by atoms with Crippen molar-refractivity contribution in [3.63, 3.8) is 0 Å². The third kappa shape index (κ3) is 5.73. The van der Waals surface area contributed by atoms with Crippen LogP contribution in [0.15, 0.2) is 73.1 Å². The zero-order valence-electron chi connectivity index (χ0n) is 19.0. The number of aryl methyl sites for hydroxylation is 3. The molecule has 2 aromatic heterocycles. The average molecular weight is 494 g/mol. The van der Waals surface area contributed by atoms with Gasteiger partial charge in [0.25, 0.3) is 0 Å². The summed E-state index contributed by atoms with van der Waals surface area (Å²) in [4.78, 5) is 8.74. The minimum absolute atomic E-state index is 0.143. The van der Waals surface area contributed by atoms with E-state index in [9.17, 15) is 8.42 Å². The van der Waals surface area contributed by atoms with Gasteiger partial charge < -0.3 is 4.74 Å². The molecule has 0 aliphatic rings. The lowest BCUT2D eigenvalue weighted by atomic mass is 10.1. The molecule has 34 heavy (non-hydrogen) atoms. The maximum Gasteiger partial charge on any atom is 0.244 e. The van der Waals surface area contributed by atoms with E-state index in [1.807, 2.05) is 39.0 Å². The van der Waals surface area contributed by atoms with Crippen LogP contribution in [0.2, 0.25) is 5.02 Å². The van der Waals surface area contributed by atoms with E-state index in [1.54, 1.807) is 48.7 Å². The van der Waals surface area contributed by atoms with E-state index in [4.69, 9.17) is 16.3 Å². The highest BCUT2D eigenvalue weighted by Gasteiger charge is 2.19. The second-order valence-electron chi connectivity index (χ2n) is 8.12. The molecule has 6 nitrogen and oxygen atoms in total. The van der Waals surface area contributed by atoms with E-state index in [-0.39, 0.29) is 17.3 Å². The van der Waals surface area contributed by atoms with E-state index in [2.05, 4.69) is 14.7 Å². The number of halogens is 1. The maximum absolute atomic E-state index is 12.9. The van der Waals surface area contributed by atoms with Crippen LogP contribution < -0.4 is 9.46 Å². The van der Waals surface area contributed by atoms with Crippen molar-refractivity contribution in [1.82, 2.24) is 9.97 Å². The first-order valence-electron chi connectivity index (χ1n) is 10.6. The highest BCUT2D eigenvalue weighted by atomic mass is 35.5. The van der Waals surface area contributed by atoms with E-state index in [1.165, 1.54) is 6.20 Å². The van der Waals surface area contributed by atoms with Crippen molar-refractivity contribution in [2.24, 2.45) is 0 Å². The molecule has 0 bridgehead atoms. The van der Waals surface area contributed by atoms with Crippen LogP contribution in [-0.4, -0.2) is 18.4 Å². The SMILES string of the molecule is Cc1cc(C)c(Oc2nc(-c3cncc(Cl)c3)ccc2NS(=O)(=O)Cc2ccccc2)c(C)c1. The standard InChI is InChI=1S/C26H24ClN3O3S/c1-17-11-18(2)25(19(3)12-17)33-26-24(30-34(31,32)16-20-7-5-4-6-8-20)10-9-23(29-26)21-13-22(27)15-28-14-21/h4-15,30H,16H2,1-3H3. The molecule has 1 N–H and O–H groups in total. The molecular formula is C26H24ClN3O3S. The van der Waals surface area contributed by atoms with Crippen LogP contribution in [0.3, 0.4) is 0 Å². The summed E-state index contributed by atoms with van der Waals surface area (Å²) in [6, 6.07) is 18.1. The number of benzene rings is 2. The van der Waals surface area contributed by atoms with Crippen molar-refractivity contribution in [2.45, 2.75) is 26.5 Å². The van der Waals surface area contributed by atoms with E-state index in [0.29, 0.717) is 27.6 Å². The quantitative estimate of drug-likeness (QED) is 0.319. The van der Waals surface area contributed by atoms with Crippen LogP contribution in [0, 0.1) is 20.8 Å². The first-order chi connectivity index (χ1) is 16.2. The third-order valence-electron chi connectivity index (χ3n) is 5.13. The number of anilines is 1. The number of nitrogens with one attached hydrogen (secondary N) is 1. The van der Waals surface area contributed by atoms with E-state index in [0.717, 1.165) is 16.7 Å². The summed E-state index contributed by atoms with van der Waals surface area (Å²) in [5.41, 5.74) is 5.12. The van der Waals surface area contributed by atoms with E-state index >= 15 is 0 Å². The van der Waals surface area contributed by atoms with Gasteiger partial charge in [0.1, 0.15) is 11.4 Å². The normalized spacial score (nSPS) is 11.3. The predicted molar refractivity (Wildman–Crippen MR) is 136 cm³/mol. The Balaban J connectivity index is 1.75. The maximum atomic E-state index is 12.9. The van der Waals surface area contributed by atoms with Crippen LogP contribution in [0.5, 0.6) is 11.6 Å². The third-order valence-corrected chi connectivity index (χ3v) is 6.58. The van der Waals surface area contributed by atoms with Crippen molar-refractivity contribution in [2.75, 3.05) is 4.72 Å². The molecular weight excluding hydrogens is 470 g/mol. The number of hydrogen-bond donors (Lipinski definition) is 1. The Morgan fingerprint density at radius 3 is 2.32 bits per heavy atom. The summed E-state index contributed by atoms with van der Waals surface area (Å²) >= 11 is 6.10. The molecule has 0 aliphatic carbocycles. The molecule has 0 spiro atoms. The molecule has 0 saturated heterocycles. The molecule has 4 aromatic rings. The summed E-state index contributed by atoms with van der Waals surface area (Å²) < 4.78 is 34.7. The van der Waals surface area contributed by atoms with Gasteiger partial charge in [-0.1, -0.05) is 59.6 Å². The molecule has 174 valence electrons. The number of aromatic nitrogens is 2. The predicted octanol–water partition coefficient (Wildman–Crippen LogP) is 6.46. The van der Waals surface area contributed by atoms with Crippen LogP contribution >= 0.6 is 11.6 Å². The topological polar surface area (TPSA) is 81.2 Å². The molecule has 0 atom stereocenters. The molecule has 0 saturated carbocycles. The van der Waals surface area contributed by atoms with Crippen LogP contribution in [0.25, 0.3) is 11.3 Å². The average Bonchev–Trinajstić information content (AvgIpc) is 2.77. The van der Waals surface area contributed by atoms with Gasteiger partial charge in [-0.05, 0) is 55.7 Å². The number of rotatable bonds is 7. The smallest absolute Gasteiger partial charge is 0.244 e. The van der Waals surface area contributed by atoms with Gasteiger partial charge in [-0.15, -0.1) is 0 Å². The van der Waals surface area contributed by atoms with Crippen molar-refractivity contribution in [1.29, 1.82) is 0 Å². The number of ether oxygens (including phenoxy) is 1. The Labute approximate surface area is 204 Å². The molecule has 0 fully saturated rings. The minimum atomic E-state index is -3.72. The zero-order valence-corrected chi connectivity index (χ0v) is 20.6. The summed E-state index contributed by atoms with van der Waals surface area (Å²) in [6.45, 7) is 5.90. The lowest BCUT2D eigenvalue weighted by Crippen LogP contribution is -2.16. The number of nitrogens with zero attached hydrogens (tertiary/aromatic N) is 2. The van der Waals surface area contributed by atoms with Crippen molar-refractivity contribution in [3.8, 4) is 22.9 Å². The van der Waals surface area contributed by atoms with Crippen molar-refractivity contribution in [3.05, 3.63) is 100 Å². The van der Waals surface area contributed by atoms with Gasteiger partial charge >= 0.3 is 0 Å². The van der Waals surface area contributed by atoms with Gasteiger partial charge in [-0.2, -0.15) is 0 Å². The monoisotopic (exact) mass is 493 g/mol. The molecule has 2 aromatic carbocycles. The van der Waals surface area contributed by atoms with Gasteiger partial charge in [0.2, 0.25) is 15.9 Å². The Bertz CT molecular complexity index is 1420. The number of pyridine rings is 2. The lowest BCUT2D eigenvalue weighted by molar-refractivity contribution is 0.459. The summed E-state index contributed by atoms with van der Waals surface area (Å²) in [5, 5.41) is 0.472. The van der Waals surface area contributed by atoms with Gasteiger partial charge in [0.05, 0.1) is 16.5 Å². The molecule has 4 rings (SSSR count). The largest absolute Gasteiger partial charge is 0.436 e. The molecule has 0 amide bonds. The summed E-state index contributed by atoms with van der Waals surface area (Å²) in [7, 11) is -3.72. The van der Waals surface area contributed by atoms with Crippen LogP contribution in [0.4, 0.5) is 5.69 Å². The van der Waals surface area contributed by atoms with Crippen LogP contribution in [0.1, 0.15) is 22.3 Å². The molecule has 8 heteroatoms. The molecule has 0 unspecified atom stereocenters. The Kier molecular flexibility index (Phi) is 6.86. The lowest BCUT2D eigenvalue weighted by Gasteiger charge is -2.17. The van der Waals surface area contributed by atoms with Crippen LogP contribution in [-0.2, 0) is 15.8 Å². The van der Waals surface area contributed by atoms with Gasteiger partial charge in [0, 0.05) is 18.0 Å². The summed E-state index contributed by atoms with van der Waals surface area (Å²) in [6.07, 6.45) is 3.17. The second kappa shape index (κ2) is 9.83. The molecule has 0 radical (unpaired) electrons. The molecule has 2 heterocycles. The molecule has 0 aliphatic heterocycles. The van der Waals surface area contributed by atoms with Gasteiger partial charge in [0.15, 0.2) is 0 Å². The number of hydrogen-bond acceptors (Lipinski definition) is 5. The Hall–Kier alpha value is -3.42. The summed E-state index contributed by atoms with van der Waals surface area (Å²) in [5.74, 6) is 0.600. The first kappa shape index (κ1) is 23.7. The Morgan fingerprint density at radius 2 is 1.65 bits per heavy atom. The second-order valence-corrected chi connectivity index (χ2v) is 10.3. The zero-order chi connectivity index (χ0) is 24.3. The fourth-order valence-electron chi connectivity index (χ4n) is 3.73. The first-order valence-corrected chi connectivity index (χ1v) is 12.7. The van der Waals surface area contributed by atoms with Crippen molar-refractivity contribution >= 4 is 27.3 Å². The minimum Gasteiger partial charge on any atom is -0.436 e. The van der Waals surface area contributed by atoms with Gasteiger partial charge in [-0.3, -0.25) is 9.71 Å². The van der Waals surface area contributed by atoms with E-state index < -0.39 is 10.0 Å². The number of sulfonamides is 1.